The molecule has 6 aromatic rings. The average Bonchev–Trinajstić information content (AvgIpc) is 3.66. The molecular weight excluding hydrogens is 870 g/mol. The van der Waals surface area contributed by atoms with Crippen molar-refractivity contribution in [2.75, 3.05) is 37.2 Å². The molecular formula is C40H41BClF5N12O5. The molecule has 336 valence electrons. The SMILES string of the molecule is CB(O)N1CCC(Oc2ccc(Nc3ncnc(Cl)c3[N+](=O)[O-])cc2)CC1.Nc1cc(CN2CCC(Oc3ccc(-n4c(C(F)(F)C(F)(F)F)nc5cncnc54)cc3)CC2)ccn1. The molecule has 0 amide bonds. The third kappa shape index (κ3) is 10.9. The highest BCUT2D eigenvalue weighted by molar-refractivity contribution is 6.45. The number of likely N-dealkylation sites (tertiary alicyclic amines) is 1. The third-order valence-corrected chi connectivity index (χ3v) is 10.8. The number of alkyl halides is 5. The molecule has 0 bridgehead atoms. The van der Waals surface area contributed by atoms with Gasteiger partial charge in [0.05, 0.1) is 11.1 Å². The van der Waals surface area contributed by atoms with Gasteiger partial charge in [-0.3, -0.25) is 19.6 Å². The minimum Gasteiger partial charge on any atom is -0.490 e. The van der Waals surface area contributed by atoms with E-state index < -0.39 is 29.9 Å². The monoisotopic (exact) mass is 910 g/mol. The van der Waals surface area contributed by atoms with E-state index in [-0.39, 0.29) is 45.7 Å². The number of nitrogen functional groups attached to an aromatic ring is 1. The first kappa shape index (κ1) is 45.7. The number of piperidine rings is 2. The Labute approximate surface area is 367 Å². The molecule has 0 aliphatic carbocycles. The lowest BCUT2D eigenvalue weighted by molar-refractivity contribution is -0.384. The van der Waals surface area contributed by atoms with Gasteiger partial charge in [0.1, 0.15) is 47.7 Å². The van der Waals surface area contributed by atoms with Crippen LogP contribution in [0.5, 0.6) is 11.5 Å². The average molecular weight is 911 g/mol. The van der Waals surface area contributed by atoms with Gasteiger partial charge in [-0.25, -0.2) is 29.9 Å². The number of aromatic nitrogens is 7. The number of fused-ring (bicyclic) bond motifs is 1. The number of hydrogen-bond acceptors (Lipinski definition) is 15. The molecule has 0 atom stereocenters. The lowest BCUT2D eigenvalue weighted by Gasteiger charge is -2.32. The van der Waals surface area contributed by atoms with Gasteiger partial charge in [0.25, 0.3) is 0 Å². The van der Waals surface area contributed by atoms with Crippen LogP contribution < -0.4 is 20.5 Å². The number of nitrogens with one attached hydrogen (secondary N) is 1. The fourth-order valence-corrected chi connectivity index (χ4v) is 7.44. The van der Waals surface area contributed by atoms with Crippen LogP contribution in [-0.2, 0) is 12.5 Å². The van der Waals surface area contributed by atoms with Crippen LogP contribution in [0.25, 0.3) is 16.9 Å². The van der Waals surface area contributed by atoms with Crippen LogP contribution in [0.2, 0.25) is 12.0 Å². The summed E-state index contributed by atoms with van der Waals surface area (Å²) in [5.41, 5.74) is 6.77. The van der Waals surface area contributed by atoms with E-state index in [1.807, 2.05) is 16.9 Å². The molecule has 17 nitrogen and oxygen atoms in total. The fraction of sp³-hybridized carbons (Fsp3) is 0.350. The predicted molar refractivity (Wildman–Crippen MR) is 227 cm³/mol. The highest BCUT2D eigenvalue weighted by atomic mass is 35.5. The van der Waals surface area contributed by atoms with E-state index in [0.29, 0.717) is 27.6 Å². The number of ether oxygens (including phenoxy) is 2. The molecule has 2 saturated heterocycles. The van der Waals surface area contributed by atoms with Crippen LogP contribution in [0.15, 0.2) is 85.7 Å². The maximum absolute atomic E-state index is 14.3. The molecule has 4 aromatic heterocycles. The predicted octanol–water partition coefficient (Wildman–Crippen LogP) is 7.23. The van der Waals surface area contributed by atoms with Crippen LogP contribution in [0.1, 0.15) is 37.1 Å². The molecule has 64 heavy (non-hydrogen) atoms. The van der Waals surface area contributed by atoms with Gasteiger partial charge in [0.15, 0.2) is 11.5 Å². The fourth-order valence-electron chi connectivity index (χ4n) is 7.24. The number of nitrogens with two attached hydrogens (primary N) is 1. The van der Waals surface area contributed by atoms with Gasteiger partial charge in [-0.05, 0) is 112 Å². The Morgan fingerprint density at radius 3 is 2.12 bits per heavy atom. The van der Waals surface area contributed by atoms with Crippen molar-refractivity contribution in [3.63, 3.8) is 0 Å². The number of benzene rings is 2. The van der Waals surface area contributed by atoms with Gasteiger partial charge in [0, 0.05) is 37.2 Å². The normalized spacial score (nSPS) is 15.6. The summed E-state index contributed by atoms with van der Waals surface area (Å²) >= 11 is 5.78. The van der Waals surface area contributed by atoms with Crippen molar-refractivity contribution < 1.29 is 41.4 Å². The van der Waals surface area contributed by atoms with E-state index in [1.165, 1.54) is 24.3 Å². The summed E-state index contributed by atoms with van der Waals surface area (Å²) in [4.78, 5) is 37.4. The van der Waals surface area contributed by atoms with Gasteiger partial charge < -0.3 is 30.4 Å². The second-order valence-electron chi connectivity index (χ2n) is 15.0. The number of anilines is 3. The van der Waals surface area contributed by atoms with Gasteiger partial charge in [-0.1, -0.05) is 11.6 Å². The highest BCUT2D eigenvalue weighted by Crippen LogP contribution is 2.45. The molecule has 4 N–H and O–H groups in total. The van der Waals surface area contributed by atoms with Crippen molar-refractivity contribution in [3.8, 4) is 17.2 Å². The van der Waals surface area contributed by atoms with Crippen molar-refractivity contribution in [1.29, 1.82) is 0 Å². The minimum atomic E-state index is -5.83. The zero-order chi connectivity index (χ0) is 45.6. The topological polar surface area (TPSA) is 209 Å². The van der Waals surface area contributed by atoms with Crippen molar-refractivity contribution in [1.82, 2.24) is 44.2 Å². The Bertz CT molecular complexity index is 2530. The molecule has 2 aromatic carbocycles. The Morgan fingerprint density at radius 2 is 1.53 bits per heavy atom. The lowest BCUT2D eigenvalue weighted by atomic mass is 9.82. The Balaban J connectivity index is 0.000000201. The maximum Gasteiger partial charge on any atom is 0.461 e. The van der Waals surface area contributed by atoms with E-state index in [2.05, 4.69) is 40.1 Å². The standard InChI is InChI=1S/C24H22F5N7O.C16H19BClN5O4/c25-23(26,24(27,28)29)22-34-19-12-31-14-33-21(19)36(22)16-1-3-17(4-2-16)37-18-6-9-35(10-7-18)13-15-5-8-32-20(30)11-15;1-17(24)22-8-6-13(7-9-22)27-12-4-2-11(3-5-12)21-16-14(23(25)26)15(18)19-10-20-16/h1-5,8,11-12,14,18H,6-7,9-10,13H2,(H2,30,32);2-5,10,13,24H,6-9H2,1H3,(H,19,20,21). The van der Waals surface area contributed by atoms with Crippen LogP contribution >= 0.6 is 11.6 Å². The number of pyridine rings is 1. The molecule has 2 aliphatic rings. The van der Waals surface area contributed by atoms with Crippen LogP contribution in [0.3, 0.4) is 0 Å². The van der Waals surface area contributed by atoms with E-state index in [0.717, 1.165) is 82.8 Å². The van der Waals surface area contributed by atoms with Crippen molar-refractivity contribution in [2.45, 2.75) is 63.4 Å². The summed E-state index contributed by atoms with van der Waals surface area (Å²) in [5.74, 6) is -4.98. The smallest absolute Gasteiger partial charge is 0.461 e. The zero-order valence-corrected chi connectivity index (χ0v) is 34.8. The van der Waals surface area contributed by atoms with Crippen LogP contribution in [0, 0.1) is 10.1 Å². The number of halogens is 6. The third-order valence-electron chi connectivity index (χ3n) is 10.5. The molecule has 2 aliphatic heterocycles. The first-order chi connectivity index (χ1) is 30.5. The molecule has 0 radical (unpaired) electrons. The van der Waals surface area contributed by atoms with E-state index >= 15 is 0 Å². The molecule has 6 heterocycles. The quantitative estimate of drug-likeness (QED) is 0.0364. The minimum absolute atomic E-state index is 0.0270. The molecule has 0 saturated carbocycles. The van der Waals surface area contributed by atoms with Crippen LogP contribution in [-0.4, -0.2) is 106 Å². The molecule has 8 rings (SSSR count). The van der Waals surface area contributed by atoms with Crippen molar-refractivity contribution in [2.24, 2.45) is 0 Å². The molecule has 0 spiro atoms. The number of hydrogen-bond donors (Lipinski definition) is 3. The summed E-state index contributed by atoms with van der Waals surface area (Å²) in [6.45, 7) is 5.72. The largest absolute Gasteiger partial charge is 0.490 e. The number of nitro groups is 1. The van der Waals surface area contributed by atoms with Gasteiger partial charge in [-0.15, -0.1) is 0 Å². The molecule has 2 fully saturated rings. The van der Waals surface area contributed by atoms with Crippen molar-refractivity contribution in [3.05, 3.63) is 112 Å². The zero-order valence-electron chi connectivity index (χ0n) is 34.1. The van der Waals surface area contributed by atoms with Crippen LogP contribution in [0.4, 0.5) is 45.0 Å². The molecule has 0 unspecified atom stereocenters. The van der Waals surface area contributed by atoms with E-state index in [9.17, 15) is 37.1 Å². The number of nitrogens with zero attached hydrogens (tertiary/aromatic N) is 10. The van der Waals surface area contributed by atoms with Gasteiger partial charge in [0.2, 0.25) is 11.0 Å². The second-order valence-corrected chi connectivity index (χ2v) is 15.4. The highest BCUT2D eigenvalue weighted by Gasteiger charge is 2.62. The summed E-state index contributed by atoms with van der Waals surface area (Å²) < 4.78 is 80.9. The lowest BCUT2D eigenvalue weighted by Crippen LogP contribution is -2.45. The van der Waals surface area contributed by atoms with E-state index in [4.69, 9.17) is 26.8 Å². The Kier molecular flexibility index (Phi) is 14.0. The Morgan fingerprint density at radius 1 is 0.906 bits per heavy atom. The number of rotatable bonds is 12. The van der Waals surface area contributed by atoms with Gasteiger partial charge in [-0.2, -0.15) is 22.0 Å². The summed E-state index contributed by atoms with van der Waals surface area (Å²) in [6.07, 6.45) is 2.42. The summed E-state index contributed by atoms with van der Waals surface area (Å²) in [5, 5.41) is 23.4. The van der Waals surface area contributed by atoms with Gasteiger partial charge >= 0.3 is 24.8 Å². The first-order valence-electron chi connectivity index (χ1n) is 20.0. The molecule has 24 heteroatoms. The first-order valence-corrected chi connectivity index (χ1v) is 20.4. The van der Waals surface area contributed by atoms with E-state index in [1.54, 1.807) is 37.3 Å². The summed E-state index contributed by atoms with van der Waals surface area (Å²) in [6, 6.07) is 16.7. The van der Waals surface area contributed by atoms with Crippen molar-refractivity contribution >= 4 is 52.8 Å². The maximum atomic E-state index is 14.3. The summed E-state index contributed by atoms with van der Waals surface area (Å²) in [7, 11) is -0.435. The number of imidazole rings is 1. The Hall–Kier alpha value is -6.30. The second kappa shape index (κ2) is 19.6.